The summed E-state index contributed by atoms with van der Waals surface area (Å²) in [7, 11) is 0. The molecule has 1 N–H and O–H groups in total. The Labute approximate surface area is 166 Å². The molecule has 3 aromatic heterocycles. The van der Waals surface area contributed by atoms with Crippen LogP contribution in [0.1, 0.15) is 5.56 Å². The minimum atomic E-state index is -1.07. The van der Waals surface area contributed by atoms with E-state index in [9.17, 15) is 9.59 Å². The first kappa shape index (κ1) is 18.1. The van der Waals surface area contributed by atoms with Gasteiger partial charge in [0.15, 0.2) is 6.61 Å². The van der Waals surface area contributed by atoms with Gasteiger partial charge in [-0.3, -0.25) is 4.79 Å². The first-order chi connectivity index (χ1) is 13.6. The molecular weight excluding hydrogens is 398 g/mol. The highest BCUT2D eigenvalue weighted by molar-refractivity contribution is 7.18. The van der Waals surface area contributed by atoms with Gasteiger partial charge in [-0.15, -0.1) is 22.7 Å². The zero-order chi connectivity index (χ0) is 19.5. The van der Waals surface area contributed by atoms with Crippen LogP contribution in [-0.2, 0) is 4.79 Å². The van der Waals surface area contributed by atoms with E-state index in [-0.39, 0.29) is 5.56 Å². The molecule has 4 aromatic rings. The average molecular weight is 411 g/mol. The summed E-state index contributed by atoms with van der Waals surface area (Å²) in [5.74, 6) is -0.707. The summed E-state index contributed by atoms with van der Waals surface area (Å²) >= 11 is 2.97. The van der Waals surface area contributed by atoms with Crippen LogP contribution >= 0.6 is 22.7 Å². The van der Waals surface area contributed by atoms with E-state index in [1.807, 2.05) is 22.9 Å². The maximum Gasteiger partial charge on any atom is 0.341 e. The molecule has 0 bridgehead atoms. The number of rotatable bonds is 6. The van der Waals surface area contributed by atoms with Crippen molar-refractivity contribution >= 4 is 45.1 Å². The van der Waals surface area contributed by atoms with Crippen molar-refractivity contribution in [2.75, 3.05) is 6.61 Å². The Morgan fingerprint density at radius 1 is 1.25 bits per heavy atom. The molecular formula is C19H13N3O4S2. The van der Waals surface area contributed by atoms with Crippen molar-refractivity contribution < 1.29 is 14.6 Å². The highest BCUT2D eigenvalue weighted by atomic mass is 32.1. The second kappa shape index (κ2) is 7.75. The minimum Gasteiger partial charge on any atom is -0.481 e. The number of carbonyl (C=O) groups is 1. The van der Waals surface area contributed by atoms with Gasteiger partial charge in [0.05, 0.1) is 11.6 Å². The third-order valence-corrected chi connectivity index (χ3v) is 5.65. The van der Waals surface area contributed by atoms with Crippen LogP contribution in [0.4, 0.5) is 0 Å². The second-order valence-electron chi connectivity index (χ2n) is 5.67. The van der Waals surface area contributed by atoms with E-state index >= 15 is 0 Å². The van der Waals surface area contributed by atoms with Crippen LogP contribution < -0.4 is 10.3 Å². The van der Waals surface area contributed by atoms with Crippen LogP contribution in [0.2, 0.25) is 0 Å². The molecule has 0 aliphatic heterocycles. The Morgan fingerprint density at radius 2 is 2.11 bits per heavy atom. The predicted octanol–water partition coefficient (Wildman–Crippen LogP) is 3.53. The van der Waals surface area contributed by atoms with Crippen molar-refractivity contribution in [2.24, 2.45) is 5.10 Å². The fourth-order valence-corrected chi connectivity index (χ4v) is 4.32. The summed E-state index contributed by atoms with van der Waals surface area (Å²) in [5, 5.41) is 17.4. The van der Waals surface area contributed by atoms with Crippen molar-refractivity contribution in [2.45, 2.75) is 0 Å². The molecule has 140 valence electrons. The molecule has 0 fully saturated rings. The van der Waals surface area contributed by atoms with Crippen molar-refractivity contribution in [3.8, 4) is 16.2 Å². The Bertz CT molecular complexity index is 1230. The third kappa shape index (κ3) is 3.57. The van der Waals surface area contributed by atoms with E-state index in [1.54, 1.807) is 35.6 Å². The van der Waals surface area contributed by atoms with Crippen LogP contribution in [-0.4, -0.2) is 33.6 Å². The average Bonchev–Trinajstić information content (AvgIpc) is 3.36. The molecule has 0 spiro atoms. The van der Waals surface area contributed by atoms with Crippen LogP contribution in [0, 0.1) is 0 Å². The molecule has 0 amide bonds. The fraction of sp³-hybridized carbons (Fsp3) is 0.0526. The number of hydrogen-bond acceptors (Lipinski definition) is 7. The number of thiophene rings is 2. The van der Waals surface area contributed by atoms with E-state index in [2.05, 4.69) is 10.1 Å². The number of carboxylic acids is 1. The molecule has 0 saturated heterocycles. The number of benzene rings is 1. The highest BCUT2D eigenvalue weighted by Gasteiger charge is 2.13. The number of carboxylic acid groups (broad SMARTS) is 1. The monoisotopic (exact) mass is 411 g/mol. The topological polar surface area (TPSA) is 93.8 Å². The highest BCUT2D eigenvalue weighted by Crippen LogP contribution is 2.33. The van der Waals surface area contributed by atoms with Gasteiger partial charge >= 0.3 is 5.97 Å². The number of aromatic nitrogens is 2. The molecule has 4 rings (SSSR count). The fourth-order valence-electron chi connectivity index (χ4n) is 2.60. The van der Waals surface area contributed by atoms with Crippen LogP contribution in [0.5, 0.6) is 5.75 Å². The number of ether oxygens (including phenoxy) is 1. The number of hydrogen-bond donors (Lipinski definition) is 1. The van der Waals surface area contributed by atoms with Crippen molar-refractivity contribution in [3.05, 3.63) is 69.4 Å². The number of fused-ring (bicyclic) bond motifs is 1. The molecule has 1 aromatic carbocycles. The number of para-hydroxylation sites is 1. The lowest BCUT2D eigenvalue weighted by atomic mass is 10.2. The lowest BCUT2D eigenvalue weighted by molar-refractivity contribution is -0.139. The van der Waals surface area contributed by atoms with E-state index < -0.39 is 12.6 Å². The van der Waals surface area contributed by atoms with Gasteiger partial charge < -0.3 is 9.84 Å². The summed E-state index contributed by atoms with van der Waals surface area (Å²) < 4.78 is 6.42. The standard InChI is InChI=1S/C19H13N3O4S2/c23-16(24)9-26-14-5-2-1-4-12(14)8-21-22-11-20-18-17(19(22)25)13(10-28-18)15-6-3-7-27-15/h1-8,10-11H,9H2,(H,23,24)/b21-8-. The van der Waals surface area contributed by atoms with Crippen molar-refractivity contribution in [1.29, 1.82) is 0 Å². The normalized spacial score (nSPS) is 11.3. The van der Waals surface area contributed by atoms with Crippen LogP contribution in [0.25, 0.3) is 20.7 Å². The van der Waals surface area contributed by atoms with Gasteiger partial charge in [0.2, 0.25) is 0 Å². The molecule has 9 heteroatoms. The maximum atomic E-state index is 12.9. The molecule has 0 atom stereocenters. The first-order valence-corrected chi connectivity index (χ1v) is 9.90. The van der Waals surface area contributed by atoms with Crippen molar-refractivity contribution in [1.82, 2.24) is 9.66 Å². The Morgan fingerprint density at radius 3 is 2.89 bits per heavy atom. The van der Waals surface area contributed by atoms with Crippen LogP contribution in [0.15, 0.2) is 63.4 Å². The summed E-state index contributed by atoms with van der Waals surface area (Å²) in [6, 6.07) is 10.8. The summed E-state index contributed by atoms with van der Waals surface area (Å²) in [4.78, 5) is 29.7. The lowest BCUT2D eigenvalue weighted by Gasteiger charge is -2.06. The summed E-state index contributed by atoms with van der Waals surface area (Å²) in [6.45, 7) is -0.461. The van der Waals surface area contributed by atoms with E-state index in [0.29, 0.717) is 21.5 Å². The molecule has 28 heavy (non-hydrogen) atoms. The van der Waals surface area contributed by atoms with Gasteiger partial charge in [0.25, 0.3) is 5.56 Å². The third-order valence-electron chi connectivity index (χ3n) is 3.86. The largest absolute Gasteiger partial charge is 0.481 e. The quantitative estimate of drug-likeness (QED) is 0.490. The molecule has 0 aliphatic rings. The first-order valence-electron chi connectivity index (χ1n) is 8.14. The molecule has 0 aliphatic carbocycles. The molecule has 3 heterocycles. The van der Waals surface area contributed by atoms with E-state index in [4.69, 9.17) is 9.84 Å². The van der Waals surface area contributed by atoms with Gasteiger partial charge in [0.1, 0.15) is 16.9 Å². The van der Waals surface area contributed by atoms with Gasteiger partial charge in [-0.25, -0.2) is 9.78 Å². The van der Waals surface area contributed by atoms with Crippen molar-refractivity contribution in [3.63, 3.8) is 0 Å². The molecule has 0 saturated carbocycles. The predicted molar refractivity (Wildman–Crippen MR) is 110 cm³/mol. The second-order valence-corrected chi connectivity index (χ2v) is 7.47. The maximum absolute atomic E-state index is 12.9. The SMILES string of the molecule is O=C(O)COc1ccccc1/C=N\n1cnc2scc(-c3cccs3)c2c1=O. The summed E-state index contributed by atoms with van der Waals surface area (Å²) in [5.41, 5.74) is 1.14. The van der Waals surface area contributed by atoms with Gasteiger partial charge in [-0.05, 0) is 23.6 Å². The zero-order valence-corrected chi connectivity index (χ0v) is 15.9. The zero-order valence-electron chi connectivity index (χ0n) is 14.3. The number of aliphatic carboxylic acids is 1. The minimum absolute atomic E-state index is 0.269. The Balaban J connectivity index is 1.71. The summed E-state index contributed by atoms with van der Waals surface area (Å²) in [6.07, 6.45) is 2.82. The Hall–Kier alpha value is -3.30. The van der Waals surface area contributed by atoms with Gasteiger partial charge in [-0.2, -0.15) is 9.78 Å². The lowest BCUT2D eigenvalue weighted by Crippen LogP contribution is -2.17. The van der Waals surface area contributed by atoms with Gasteiger partial charge in [0, 0.05) is 21.4 Å². The Kier molecular flexibility index (Phi) is 5.00. The molecule has 0 unspecified atom stereocenters. The van der Waals surface area contributed by atoms with E-state index in [0.717, 1.165) is 10.4 Å². The van der Waals surface area contributed by atoms with Crippen LogP contribution in [0.3, 0.4) is 0 Å². The smallest absolute Gasteiger partial charge is 0.341 e. The van der Waals surface area contributed by atoms with Gasteiger partial charge in [-0.1, -0.05) is 18.2 Å². The molecule has 0 radical (unpaired) electrons. The number of nitrogens with zero attached hydrogens (tertiary/aromatic N) is 3. The molecule has 7 nitrogen and oxygen atoms in total. The van der Waals surface area contributed by atoms with E-state index in [1.165, 1.54) is 28.6 Å².